The van der Waals surface area contributed by atoms with Crippen LogP contribution in [0.1, 0.15) is 16.7 Å². The van der Waals surface area contributed by atoms with E-state index in [1.807, 2.05) is 19.9 Å². The van der Waals surface area contributed by atoms with E-state index in [-0.39, 0.29) is 5.57 Å². The lowest BCUT2D eigenvalue weighted by atomic mass is 10.0. The molecule has 31 heavy (non-hydrogen) atoms. The van der Waals surface area contributed by atoms with Crippen LogP contribution < -0.4 is 19.7 Å². The van der Waals surface area contributed by atoms with Crippen LogP contribution >= 0.6 is 22.6 Å². The Bertz CT molecular complexity index is 1120. The molecule has 2 aromatic rings. The first-order valence-electron chi connectivity index (χ1n) is 9.36. The molecule has 0 aliphatic carbocycles. The molecule has 0 saturated carbocycles. The summed E-state index contributed by atoms with van der Waals surface area (Å²) in [5.74, 6) is -0.461. The van der Waals surface area contributed by atoms with Gasteiger partial charge < -0.3 is 9.47 Å². The quantitative estimate of drug-likeness (QED) is 0.262. The highest BCUT2D eigenvalue weighted by molar-refractivity contribution is 14.1. The fourth-order valence-corrected chi connectivity index (χ4v) is 3.81. The van der Waals surface area contributed by atoms with Gasteiger partial charge in [-0.2, -0.15) is 0 Å². The van der Waals surface area contributed by atoms with Crippen molar-refractivity contribution >= 4 is 52.2 Å². The molecule has 0 spiro atoms. The fraction of sp³-hybridized carbons (Fsp3) is 0.174. The number of nitrogens with one attached hydrogen (secondary N) is 1. The molecule has 0 aromatic heterocycles. The van der Waals surface area contributed by atoms with Crippen molar-refractivity contribution in [2.75, 3.05) is 18.6 Å². The Hall–Kier alpha value is -3.14. The lowest BCUT2D eigenvalue weighted by Gasteiger charge is -2.27. The number of carbonyl (C=O) groups is 3. The molecule has 0 unspecified atom stereocenters. The molecule has 2 aromatic carbocycles. The van der Waals surface area contributed by atoms with Crippen LogP contribution in [-0.4, -0.2) is 31.6 Å². The number of barbiturate groups is 1. The van der Waals surface area contributed by atoms with Crippen LogP contribution in [0.4, 0.5) is 10.5 Å². The van der Waals surface area contributed by atoms with Gasteiger partial charge in [-0.1, -0.05) is 18.7 Å². The van der Waals surface area contributed by atoms with Crippen molar-refractivity contribution in [1.29, 1.82) is 0 Å². The fourth-order valence-electron chi connectivity index (χ4n) is 3.03. The minimum atomic E-state index is -0.782. The monoisotopic (exact) mass is 532 g/mol. The highest BCUT2D eigenvalue weighted by atomic mass is 127. The number of aryl methyl sites for hydroxylation is 2. The largest absolute Gasteiger partial charge is 0.493 e. The molecule has 7 nitrogen and oxygen atoms in total. The zero-order valence-electron chi connectivity index (χ0n) is 17.3. The average Bonchev–Trinajstić information content (AvgIpc) is 2.72. The minimum absolute atomic E-state index is 0.157. The van der Waals surface area contributed by atoms with Crippen LogP contribution in [0.15, 0.2) is 48.6 Å². The van der Waals surface area contributed by atoms with Crippen LogP contribution in [0.3, 0.4) is 0 Å². The van der Waals surface area contributed by atoms with Crippen molar-refractivity contribution in [1.82, 2.24) is 5.32 Å². The van der Waals surface area contributed by atoms with Crippen LogP contribution in [-0.2, 0) is 9.59 Å². The second-order valence-corrected chi connectivity index (χ2v) is 8.02. The maximum Gasteiger partial charge on any atom is 0.335 e. The molecule has 1 saturated heterocycles. The number of urea groups is 1. The smallest absolute Gasteiger partial charge is 0.335 e. The zero-order valence-corrected chi connectivity index (χ0v) is 19.5. The second-order valence-electron chi connectivity index (χ2n) is 6.86. The normalized spacial score (nSPS) is 15.2. The van der Waals surface area contributed by atoms with E-state index in [1.54, 1.807) is 30.3 Å². The first-order chi connectivity index (χ1) is 14.8. The maximum absolute atomic E-state index is 13.1. The van der Waals surface area contributed by atoms with Crippen LogP contribution in [0.25, 0.3) is 6.08 Å². The van der Waals surface area contributed by atoms with Gasteiger partial charge in [0.25, 0.3) is 11.8 Å². The molecule has 1 fully saturated rings. The highest BCUT2D eigenvalue weighted by Gasteiger charge is 2.37. The summed E-state index contributed by atoms with van der Waals surface area (Å²) in [5.41, 5.74) is 2.75. The second kappa shape index (κ2) is 9.34. The van der Waals surface area contributed by atoms with E-state index in [9.17, 15) is 14.4 Å². The third kappa shape index (κ3) is 4.63. The number of carbonyl (C=O) groups excluding carboxylic acids is 3. The van der Waals surface area contributed by atoms with Gasteiger partial charge in [0.15, 0.2) is 11.5 Å². The van der Waals surface area contributed by atoms with Crippen LogP contribution in [0.5, 0.6) is 11.5 Å². The van der Waals surface area contributed by atoms with Gasteiger partial charge in [-0.05, 0) is 83.5 Å². The number of imide groups is 2. The summed E-state index contributed by atoms with van der Waals surface area (Å²) >= 11 is 2.08. The molecule has 3 rings (SSSR count). The molecule has 1 aliphatic rings. The number of rotatable bonds is 6. The minimum Gasteiger partial charge on any atom is -0.493 e. The maximum atomic E-state index is 13.1. The standard InChI is InChI=1S/C23H21IN2O5/c1-5-8-31-20-18(24)11-15(12-19(20)30-4)10-17-21(27)25-23(29)26(22(17)28)16-7-6-13(2)14(3)9-16/h5-7,9-12H,1,8H2,2-4H3,(H,25,27,29)/b17-10+. The first-order valence-corrected chi connectivity index (χ1v) is 10.4. The molecule has 0 bridgehead atoms. The Kier molecular flexibility index (Phi) is 6.79. The Morgan fingerprint density at radius 3 is 2.52 bits per heavy atom. The van der Waals surface area contributed by atoms with Crippen molar-refractivity contribution in [2.45, 2.75) is 13.8 Å². The third-order valence-electron chi connectivity index (χ3n) is 4.76. The first kappa shape index (κ1) is 22.5. The van der Waals surface area contributed by atoms with Gasteiger partial charge in [0.2, 0.25) is 0 Å². The molecular weight excluding hydrogens is 511 g/mol. The number of halogens is 1. The topological polar surface area (TPSA) is 84.9 Å². The van der Waals surface area contributed by atoms with Crippen molar-refractivity contribution in [3.8, 4) is 11.5 Å². The Morgan fingerprint density at radius 2 is 1.87 bits per heavy atom. The molecule has 1 aliphatic heterocycles. The van der Waals surface area contributed by atoms with E-state index < -0.39 is 17.8 Å². The van der Waals surface area contributed by atoms with Gasteiger partial charge in [-0.3, -0.25) is 14.9 Å². The predicted molar refractivity (Wildman–Crippen MR) is 126 cm³/mol. The highest BCUT2D eigenvalue weighted by Crippen LogP contribution is 2.35. The third-order valence-corrected chi connectivity index (χ3v) is 5.56. The van der Waals surface area contributed by atoms with Gasteiger partial charge >= 0.3 is 6.03 Å². The van der Waals surface area contributed by atoms with E-state index in [0.717, 1.165) is 19.6 Å². The summed E-state index contributed by atoms with van der Waals surface area (Å²) in [6.07, 6.45) is 3.05. The van der Waals surface area contributed by atoms with Crippen LogP contribution in [0.2, 0.25) is 0 Å². The lowest BCUT2D eigenvalue weighted by Crippen LogP contribution is -2.54. The van der Waals surface area contributed by atoms with Gasteiger partial charge in [0, 0.05) is 0 Å². The van der Waals surface area contributed by atoms with Crippen molar-refractivity contribution in [3.63, 3.8) is 0 Å². The number of amides is 4. The van der Waals surface area contributed by atoms with Gasteiger partial charge in [0.05, 0.1) is 16.4 Å². The number of nitrogens with zero attached hydrogens (tertiary/aromatic N) is 1. The number of ether oxygens (including phenoxy) is 2. The van der Waals surface area contributed by atoms with E-state index in [1.165, 1.54) is 13.2 Å². The van der Waals surface area contributed by atoms with E-state index >= 15 is 0 Å². The number of hydrogen-bond donors (Lipinski definition) is 1. The summed E-state index contributed by atoms with van der Waals surface area (Å²) in [5, 5.41) is 2.24. The Morgan fingerprint density at radius 1 is 1.13 bits per heavy atom. The number of hydrogen-bond acceptors (Lipinski definition) is 5. The van der Waals surface area contributed by atoms with E-state index in [0.29, 0.717) is 29.4 Å². The Balaban J connectivity index is 2.02. The zero-order chi connectivity index (χ0) is 22.7. The molecule has 4 amide bonds. The molecule has 1 heterocycles. The van der Waals surface area contributed by atoms with Crippen molar-refractivity contribution in [3.05, 3.63) is 68.8 Å². The predicted octanol–water partition coefficient (Wildman–Crippen LogP) is 4.15. The summed E-state index contributed by atoms with van der Waals surface area (Å²) in [6, 6.07) is 7.86. The molecule has 0 radical (unpaired) electrons. The Labute approximate surface area is 193 Å². The van der Waals surface area contributed by atoms with E-state index in [2.05, 4.69) is 34.5 Å². The molecule has 8 heteroatoms. The van der Waals surface area contributed by atoms with Gasteiger partial charge in [-0.15, -0.1) is 0 Å². The van der Waals surface area contributed by atoms with Crippen LogP contribution in [0, 0.1) is 17.4 Å². The summed E-state index contributed by atoms with van der Waals surface area (Å²) < 4.78 is 11.8. The van der Waals surface area contributed by atoms with Crippen molar-refractivity contribution in [2.24, 2.45) is 0 Å². The van der Waals surface area contributed by atoms with Gasteiger partial charge in [-0.25, -0.2) is 9.69 Å². The van der Waals surface area contributed by atoms with Gasteiger partial charge in [0.1, 0.15) is 12.2 Å². The number of anilines is 1. The summed E-state index contributed by atoms with van der Waals surface area (Å²) in [6.45, 7) is 7.76. The summed E-state index contributed by atoms with van der Waals surface area (Å²) in [4.78, 5) is 38.9. The molecule has 1 N–H and O–H groups in total. The SMILES string of the molecule is C=CCOc1c(I)cc(/C=C2\C(=O)NC(=O)N(c3ccc(C)c(C)c3)C2=O)cc1OC. The molecule has 160 valence electrons. The summed E-state index contributed by atoms with van der Waals surface area (Å²) in [7, 11) is 1.50. The lowest BCUT2D eigenvalue weighted by molar-refractivity contribution is -0.122. The van der Waals surface area contributed by atoms with Crippen molar-refractivity contribution < 1.29 is 23.9 Å². The number of methoxy groups -OCH3 is 1. The molecular formula is C23H21IN2O5. The molecule has 0 atom stereocenters. The number of benzene rings is 2. The van der Waals surface area contributed by atoms with E-state index in [4.69, 9.17) is 9.47 Å². The average molecular weight is 532 g/mol.